The van der Waals surface area contributed by atoms with Gasteiger partial charge >= 0.3 is 0 Å². The van der Waals surface area contributed by atoms with Crippen LogP contribution in [0, 0.1) is 17.2 Å². The molecule has 28 heavy (non-hydrogen) atoms. The monoisotopic (exact) mass is 393 g/mol. The van der Waals surface area contributed by atoms with Crippen molar-refractivity contribution in [3.05, 3.63) is 45.8 Å². The first-order valence-corrected chi connectivity index (χ1v) is 10.1. The number of imide groups is 1. The van der Waals surface area contributed by atoms with Gasteiger partial charge in [-0.15, -0.1) is 11.3 Å². The number of nitrogens with zero attached hydrogens (tertiary/aromatic N) is 2. The van der Waals surface area contributed by atoms with Crippen molar-refractivity contribution in [3.63, 3.8) is 0 Å². The number of benzene rings is 1. The van der Waals surface area contributed by atoms with Gasteiger partial charge in [0.1, 0.15) is 11.1 Å². The maximum atomic E-state index is 12.8. The second-order valence-corrected chi connectivity index (χ2v) is 8.40. The van der Waals surface area contributed by atoms with Crippen LogP contribution in [0.25, 0.3) is 0 Å². The van der Waals surface area contributed by atoms with Crippen LogP contribution in [0.15, 0.2) is 24.3 Å². The Hall–Kier alpha value is -2.98. The number of nitrogens with one attached hydrogen (secondary N) is 1. The van der Waals surface area contributed by atoms with Gasteiger partial charge in [0.05, 0.1) is 11.3 Å². The maximum absolute atomic E-state index is 12.8. The molecule has 3 amide bonds. The molecule has 4 rings (SSSR count). The highest BCUT2D eigenvalue weighted by Crippen LogP contribution is 2.39. The van der Waals surface area contributed by atoms with E-state index in [1.54, 1.807) is 18.2 Å². The molecule has 0 bridgehead atoms. The number of fused-ring (bicyclic) bond motifs is 1. The number of rotatable bonds is 3. The summed E-state index contributed by atoms with van der Waals surface area (Å²) in [4.78, 5) is 39.0. The van der Waals surface area contributed by atoms with Crippen molar-refractivity contribution < 1.29 is 14.4 Å². The van der Waals surface area contributed by atoms with Gasteiger partial charge < -0.3 is 5.32 Å². The molecule has 6 nitrogen and oxygen atoms in total. The molecule has 0 spiro atoms. The van der Waals surface area contributed by atoms with Gasteiger partial charge in [-0.25, -0.2) is 0 Å². The third-order valence-corrected chi connectivity index (χ3v) is 6.44. The van der Waals surface area contributed by atoms with Gasteiger partial charge in [-0.1, -0.05) is 13.0 Å². The average molecular weight is 393 g/mol. The molecule has 1 saturated heterocycles. The fourth-order valence-corrected chi connectivity index (χ4v) is 5.14. The standard InChI is InChI=1S/C21H19N3O3S/c1-12-5-6-15-16(11-22)21(28-17(15)9-12)23-20(27)13-3-2-4-14(10-13)24-18(25)7-8-19(24)26/h2-4,10,12H,5-9H2,1H3,(H,23,27). The van der Waals surface area contributed by atoms with Gasteiger partial charge in [0, 0.05) is 23.3 Å². The molecule has 142 valence electrons. The number of amides is 3. The Morgan fingerprint density at radius 3 is 2.71 bits per heavy atom. The average Bonchev–Trinajstić information content (AvgIpc) is 3.19. The van der Waals surface area contributed by atoms with Gasteiger partial charge in [0.25, 0.3) is 5.91 Å². The fraction of sp³-hybridized carbons (Fsp3) is 0.333. The Bertz CT molecular complexity index is 1020. The van der Waals surface area contributed by atoms with Crippen molar-refractivity contribution in [1.82, 2.24) is 0 Å². The van der Waals surface area contributed by atoms with Gasteiger partial charge in [-0.3, -0.25) is 19.3 Å². The summed E-state index contributed by atoms with van der Waals surface area (Å²) in [5, 5.41) is 13.0. The lowest BCUT2D eigenvalue weighted by atomic mass is 9.88. The normalized spacial score (nSPS) is 18.7. The van der Waals surface area contributed by atoms with Crippen molar-refractivity contribution >= 4 is 39.7 Å². The van der Waals surface area contributed by atoms with Gasteiger partial charge in [-0.2, -0.15) is 5.26 Å². The van der Waals surface area contributed by atoms with Crippen LogP contribution in [0.2, 0.25) is 0 Å². The van der Waals surface area contributed by atoms with Crippen LogP contribution in [0.1, 0.15) is 52.5 Å². The van der Waals surface area contributed by atoms with E-state index in [0.29, 0.717) is 27.7 Å². The summed E-state index contributed by atoms with van der Waals surface area (Å²) in [5.74, 6) is -0.290. The number of carbonyl (C=O) groups excluding carboxylic acids is 3. The third kappa shape index (κ3) is 3.20. The topological polar surface area (TPSA) is 90.3 Å². The first kappa shape index (κ1) is 18.4. The minimum absolute atomic E-state index is 0.194. The smallest absolute Gasteiger partial charge is 0.256 e. The van der Waals surface area contributed by atoms with E-state index in [-0.39, 0.29) is 30.6 Å². The Kier molecular flexibility index (Phi) is 4.73. The summed E-state index contributed by atoms with van der Waals surface area (Å²) in [5.41, 5.74) is 2.36. The number of hydrogen-bond donors (Lipinski definition) is 1. The van der Waals surface area contributed by atoms with E-state index in [2.05, 4.69) is 18.3 Å². The molecule has 1 unspecified atom stereocenters. The Morgan fingerprint density at radius 2 is 2.00 bits per heavy atom. The first-order chi connectivity index (χ1) is 13.5. The minimum atomic E-state index is -0.357. The summed E-state index contributed by atoms with van der Waals surface area (Å²) in [7, 11) is 0. The Morgan fingerprint density at radius 1 is 1.25 bits per heavy atom. The lowest BCUT2D eigenvalue weighted by Gasteiger charge is -2.17. The largest absolute Gasteiger partial charge is 0.312 e. The van der Waals surface area contributed by atoms with Gasteiger partial charge in [0.15, 0.2) is 0 Å². The quantitative estimate of drug-likeness (QED) is 0.806. The van der Waals surface area contributed by atoms with E-state index in [1.807, 2.05) is 0 Å². The molecule has 1 fully saturated rings. The lowest BCUT2D eigenvalue weighted by Crippen LogP contribution is -2.28. The highest BCUT2D eigenvalue weighted by Gasteiger charge is 2.31. The summed E-state index contributed by atoms with van der Waals surface area (Å²) in [6.45, 7) is 2.19. The molecule has 2 aliphatic rings. The van der Waals surface area contributed by atoms with E-state index in [0.717, 1.165) is 29.7 Å². The van der Waals surface area contributed by atoms with Gasteiger partial charge in [0.2, 0.25) is 11.8 Å². The number of hydrogen-bond acceptors (Lipinski definition) is 5. The van der Waals surface area contributed by atoms with Crippen molar-refractivity contribution in [2.45, 2.75) is 39.0 Å². The second-order valence-electron chi connectivity index (χ2n) is 7.30. The van der Waals surface area contributed by atoms with Crippen LogP contribution >= 0.6 is 11.3 Å². The molecule has 2 aromatic rings. The van der Waals surface area contributed by atoms with Crippen molar-refractivity contribution in [1.29, 1.82) is 5.26 Å². The summed E-state index contributed by atoms with van der Waals surface area (Å²) < 4.78 is 0. The van der Waals surface area contributed by atoms with Crippen LogP contribution in [-0.2, 0) is 22.4 Å². The molecular weight excluding hydrogens is 374 g/mol. The molecule has 7 heteroatoms. The van der Waals surface area contributed by atoms with E-state index < -0.39 is 0 Å². The molecule has 1 N–H and O–H groups in total. The predicted molar refractivity (Wildman–Crippen MR) is 106 cm³/mol. The number of carbonyl (C=O) groups is 3. The molecule has 1 aromatic carbocycles. The molecule has 2 heterocycles. The Balaban J connectivity index is 1.60. The van der Waals surface area contributed by atoms with Crippen LogP contribution in [-0.4, -0.2) is 17.7 Å². The Labute approximate surface area is 166 Å². The van der Waals surface area contributed by atoms with Crippen LogP contribution in [0.5, 0.6) is 0 Å². The second kappa shape index (κ2) is 7.21. The SMILES string of the molecule is CC1CCc2c(sc(NC(=O)c3cccc(N4C(=O)CCC4=O)c3)c2C#N)C1. The summed E-state index contributed by atoms with van der Waals surface area (Å²) in [6, 6.07) is 8.70. The maximum Gasteiger partial charge on any atom is 0.256 e. The highest BCUT2D eigenvalue weighted by molar-refractivity contribution is 7.16. The van der Waals surface area contributed by atoms with Crippen molar-refractivity contribution in [3.8, 4) is 6.07 Å². The lowest BCUT2D eigenvalue weighted by molar-refractivity contribution is -0.121. The molecule has 1 aliphatic carbocycles. The van der Waals surface area contributed by atoms with Crippen molar-refractivity contribution in [2.75, 3.05) is 10.2 Å². The number of nitriles is 1. The number of anilines is 2. The molecule has 1 atom stereocenters. The van der Waals surface area contributed by atoms with E-state index in [4.69, 9.17) is 0 Å². The highest BCUT2D eigenvalue weighted by atomic mass is 32.1. The zero-order valence-electron chi connectivity index (χ0n) is 15.4. The summed E-state index contributed by atoms with van der Waals surface area (Å²) >= 11 is 1.47. The third-order valence-electron chi connectivity index (χ3n) is 5.27. The zero-order chi connectivity index (χ0) is 19.8. The molecule has 1 aromatic heterocycles. The molecule has 0 saturated carbocycles. The number of thiophene rings is 1. The summed E-state index contributed by atoms with van der Waals surface area (Å²) in [6.07, 6.45) is 3.23. The van der Waals surface area contributed by atoms with Crippen LogP contribution in [0.4, 0.5) is 10.7 Å². The predicted octanol–water partition coefficient (Wildman–Crippen LogP) is 3.65. The molecule has 0 radical (unpaired) electrons. The fourth-order valence-electron chi connectivity index (χ4n) is 3.78. The van der Waals surface area contributed by atoms with Crippen LogP contribution in [0.3, 0.4) is 0 Å². The minimum Gasteiger partial charge on any atom is -0.312 e. The zero-order valence-corrected chi connectivity index (χ0v) is 16.3. The van der Waals surface area contributed by atoms with Gasteiger partial charge in [-0.05, 0) is 48.9 Å². The van der Waals surface area contributed by atoms with E-state index >= 15 is 0 Å². The molecular formula is C21H19N3O3S. The van der Waals surface area contributed by atoms with E-state index in [9.17, 15) is 19.6 Å². The molecule has 1 aliphatic heterocycles. The van der Waals surface area contributed by atoms with Crippen molar-refractivity contribution in [2.24, 2.45) is 5.92 Å². The first-order valence-electron chi connectivity index (χ1n) is 9.29. The van der Waals surface area contributed by atoms with Crippen LogP contribution < -0.4 is 10.2 Å². The van der Waals surface area contributed by atoms with E-state index in [1.165, 1.54) is 22.3 Å².